The Kier molecular flexibility index (Phi) is 6.09. The second-order valence-corrected chi connectivity index (χ2v) is 6.88. The third-order valence-electron chi connectivity index (χ3n) is 4.42. The van der Waals surface area contributed by atoms with Crippen LogP contribution in [0.5, 0.6) is 5.75 Å². The Morgan fingerprint density at radius 1 is 1.14 bits per heavy atom. The largest absolute Gasteiger partial charge is 0.480 e. The average molecular weight is 379 g/mol. The molecule has 146 valence electrons. The molecule has 0 fully saturated rings. The molecule has 1 heterocycles. The zero-order valence-corrected chi connectivity index (χ0v) is 16.7. The molecule has 6 nitrogen and oxygen atoms in total. The topological polar surface area (TPSA) is 77.2 Å². The molecular formula is C22H25N3O3. The number of rotatable bonds is 7. The highest BCUT2D eigenvalue weighted by molar-refractivity contribution is 5.81. The Morgan fingerprint density at radius 2 is 1.93 bits per heavy atom. The number of hydrogen-bond donors (Lipinski definition) is 1. The van der Waals surface area contributed by atoms with E-state index in [1.165, 1.54) is 0 Å². The maximum Gasteiger partial charge on any atom is 0.261 e. The fourth-order valence-corrected chi connectivity index (χ4v) is 2.91. The highest BCUT2D eigenvalue weighted by Crippen LogP contribution is 2.21. The van der Waals surface area contributed by atoms with Gasteiger partial charge in [-0.1, -0.05) is 53.5 Å². The summed E-state index contributed by atoms with van der Waals surface area (Å²) in [4.78, 5) is 16.9. The van der Waals surface area contributed by atoms with E-state index in [2.05, 4.69) is 15.5 Å². The van der Waals surface area contributed by atoms with Gasteiger partial charge in [0, 0.05) is 5.56 Å². The first-order valence-electron chi connectivity index (χ1n) is 9.37. The van der Waals surface area contributed by atoms with Gasteiger partial charge in [-0.05, 0) is 44.9 Å². The average Bonchev–Trinajstić information content (AvgIpc) is 3.15. The Balaban J connectivity index is 1.61. The summed E-state index contributed by atoms with van der Waals surface area (Å²) in [5.41, 5.74) is 4.16. The molecule has 6 heteroatoms. The number of nitrogens with zero attached hydrogens (tertiary/aromatic N) is 2. The maximum atomic E-state index is 12.5. The summed E-state index contributed by atoms with van der Waals surface area (Å²) < 4.78 is 11.2. The van der Waals surface area contributed by atoms with Crippen LogP contribution in [0.15, 0.2) is 47.0 Å². The van der Waals surface area contributed by atoms with Crippen molar-refractivity contribution in [2.45, 2.75) is 46.8 Å². The predicted molar refractivity (Wildman–Crippen MR) is 107 cm³/mol. The number of aromatic nitrogens is 2. The van der Waals surface area contributed by atoms with Gasteiger partial charge in [0.2, 0.25) is 11.7 Å². The van der Waals surface area contributed by atoms with Gasteiger partial charge in [0.1, 0.15) is 5.75 Å². The molecule has 3 aromatic rings. The lowest BCUT2D eigenvalue weighted by Gasteiger charge is -2.18. The van der Waals surface area contributed by atoms with Crippen molar-refractivity contribution >= 4 is 5.91 Å². The number of carbonyl (C=O) groups is 1. The Morgan fingerprint density at radius 3 is 2.64 bits per heavy atom. The number of aryl methyl sites for hydroxylation is 3. The predicted octanol–water partition coefficient (Wildman–Crippen LogP) is 4.14. The van der Waals surface area contributed by atoms with Crippen LogP contribution in [0.25, 0.3) is 11.4 Å². The molecule has 28 heavy (non-hydrogen) atoms. The maximum absolute atomic E-state index is 12.5. The van der Waals surface area contributed by atoms with Crippen LogP contribution in [-0.2, 0) is 11.3 Å². The summed E-state index contributed by atoms with van der Waals surface area (Å²) in [7, 11) is 0. The summed E-state index contributed by atoms with van der Waals surface area (Å²) >= 11 is 0. The molecular weight excluding hydrogens is 354 g/mol. The molecule has 0 bridgehead atoms. The second-order valence-electron chi connectivity index (χ2n) is 6.88. The van der Waals surface area contributed by atoms with E-state index in [0.717, 1.165) is 22.3 Å². The van der Waals surface area contributed by atoms with E-state index >= 15 is 0 Å². The number of benzene rings is 2. The van der Waals surface area contributed by atoms with Crippen LogP contribution >= 0.6 is 0 Å². The smallest absolute Gasteiger partial charge is 0.261 e. The first-order valence-corrected chi connectivity index (χ1v) is 9.37. The lowest BCUT2D eigenvalue weighted by Crippen LogP contribution is -2.37. The molecule has 1 unspecified atom stereocenters. The highest BCUT2D eigenvalue weighted by atomic mass is 16.5. The van der Waals surface area contributed by atoms with Crippen LogP contribution in [0.3, 0.4) is 0 Å². The number of nitrogens with one attached hydrogen (secondary N) is 1. The van der Waals surface area contributed by atoms with Crippen molar-refractivity contribution in [3.8, 4) is 17.1 Å². The summed E-state index contributed by atoms with van der Waals surface area (Å²) in [6.45, 7) is 8.07. The van der Waals surface area contributed by atoms with E-state index < -0.39 is 6.10 Å². The molecule has 1 aromatic heterocycles. The molecule has 0 aliphatic rings. The number of ether oxygens (including phenoxy) is 1. The molecule has 1 amide bonds. The van der Waals surface area contributed by atoms with Crippen molar-refractivity contribution < 1.29 is 14.1 Å². The van der Waals surface area contributed by atoms with Crippen molar-refractivity contribution in [2.75, 3.05) is 0 Å². The third kappa shape index (κ3) is 4.76. The van der Waals surface area contributed by atoms with Gasteiger partial charge in [0.05, 0.1) is 6.54 Å². The molecule has 3 rings (SSSR count). The van der Waals surface area contributed by atoms with Gasteiger partial charge in [-0.15, -0.1) is 0 Å². The minimum Gasteiger partial charge on any atom is -0.480 e. The van der Waals surface area contributed by atoms with Crippen molar-refractivity contribution in [2.24, 2.45) is 0 Å². The molecule has 0 aliphatic heterocycles. The SMILES string of the molecule is CCC(Oc1ccc(C)cc1C)C(=O)NCc1nc(-c2cccc(C)c2)no1. The van der Waals surface area contributed by atoms with Gasteiger partial charge in [0.15, 0.2) is 6.10 Å². The summed E-state index contributed by atoms with van der Waals surface area (Å²) in [6.07, 6.45) is -0.0297. The first kappa shape index (κ1) is 19.6. The fraction of sp³-hybridized carbons (Fsp3) is 0.318. The van der Waals surface area contributed by atoms with Crippen LogP contribution in [0.1, 0.15) is 35.9 Å². The van der Waals surface area contributed by atoms with Gasteiger partial charge in [-0.2, -0.15) is 4.98 Å². The van der Waals surface area contributed by atoms with E-state index in [-0.39, 0.29) is 12.5 Å². The van der Waals surface area contributed by atoms with Gasteiger partial charge in [-0.25, -0.2) is 0 Å². The van der Waals surface area contributed by atoms with Crippen molar-refractivity contribution in [3.05, 3.63) is 65.0 Å². The molecule has 2 aromatic carbocycles. The normalized spacial score (nSPS) is 11.9. The van der Waals surface area contributed by atoms with Gasteiger partial charge in [0.25, 0.3) is 5.91 Å². The summed E-state index contributed by atoms with van der Waals surface area (Å²) in [5.74, 6) is 1.36. The van der Waals surface area contributed by atoms with Crippen LogP contribution < -0.4 is 10.1 Å². The zero-order chi connectivity index (χ0) is 20.1. The van der Waals surface area contributed by atoms with Gasteiger partial charge < -0.3 is 14.6 Å². The standard InChI is InChI=1S/C22H25N3O3/c1-5-18(27-19-10-9-15(3)11-16(19)4)22(26)23-13-20-24-21(25-28-20)17-8-6-7-14(2)12-17/h6-12,18H,5,13H2,1-4H3,(H,23,26). The molecule has 1 N–H and O–H groups in total. The van der Waals surface area contributed by atoms with E-state index in [1.807, 2.05) is 70.2 Å². The Hall–Kier alpha value is -3.15. The Labute approximate surface area is 164 Å². The Bertz CT molecular complexity index is 965. The van der Waals surface area contributed by atoms with Crippen LogP contribution in [0.2, 0.25) is 0 Å². The van der Waals surface area contributed by atoms with E-state index in [4.69, 9.17) is 9.26 Å². The second kappa shape index (κ2) is 8.69. The quantitative estimate of drug-likeness (QED) is 0.668. The van der Waals surface area contributed by atoms with Crippen LogP contribution in [0.4, 0.5) is 0 Å². The minimum atomic E-state index is -0.583. The molecule has 1 atom stereocenters. The van der Waals surface area contributed by atoms with Gasteiger partial charge >= 0.3 is 0 Å². The number of carbonyl (C=O) groups excluding carboxylic acids is 1. The van der Waals surface area contributed by atoms with E-state index in [9.17, 15) is 4.79 Å². The number of hydrogen-bond acceptors (Lipinski definition) is 5. The summed E-state index contributed by atoms with van der Waals surface area (Å²) in [5, 5.41) is 6.81. The molecule has 0 spiro atoms. The molecule has 0 saturated carbocycles. The van der Waals surface area contributed by atoms with Crippen LogP contribution in [-0.4, -0.2) is 22.2 Å². The highest BCUT2D eigenvalue weighted by Gasteiger charge is 2.20. The van der Waals surface area contributed by atoms with Crippen LogP contribution in [0, 0.1) is 20.8 Å². The van der Waals surface area contributed by atoms with Gasteiger partial charge in [-0.3, -0.25) is 4.79 Å². The van der Waals surface area contributed by atoms with Crippen molar-refractivity contribution in [1.29, 1.82) is 0 Å². The van der Waals surface area contributed by atoms with Crippen molar-refractivity contribution in [1.82, 2.24) is 15.5 Å². The number of amides is 1. The molecule has 0 saturated heterocycles. The summed E-state index contributed by atoms with van der Waals surface area (Å²) in [6, 6.07) is 13.8. The molecule has 0 aliphatic carbocycles. The molecule has 0 radical (unpaired) electrons. The van der Waals surface area contributed by atoms with E-state index in [1.54, 1.807) is 0 Å². The lowest BCUT2D eigenvalue weighted by molar-refractivity contribution is -0.128. The minimum absolute atomic E-state index is 0.157. The van der Waals surface area contributed by atoms with Crippen molar-refractivity contribution in [3.63, 3.8) is 0 Å². The fourth-order valence-electron chi connectivity index (χ4n) is 2.91. The third-order valence-corrected chi connectivity index (χ3v) is 4.42. The zero-order valence-electron chi connectivity index (χ0n) is 16.7. The lowest BCUT2D eigenvalue weighted by atomic mass is 10.1. The first-order chi connectivity index (χ1) is 13.5. The van der Waals surface area contributed by atoms with E-state index in [0.29, 0.717) is 23.9 Å². The monoisotopic (exact) mass is 379 g/mol.